The predicted molar refractivity (Wildman–Crippen MR) is 107 cm³/mol. The van der Waals surface area contributed by atoms with Crippen molar-refractivity contribution in [3.63, 3.8) is 0 Å². The van der Waals surface area contributed by atoms with Crippen molar-refractivity contribution in [3.8, 4) is 11.9 Å². The van der Waals surface area contributed by atoms with Crippen LogP contribution in [0.3, 0.4) is 0 Å². The molecule has 1 aliphatic carbocycles. The van der Waals surface area contributed by atoms with Crippen LogP contribution in [0.1, 0.15) is 36.6 Å². The molecule has 5 rings (SSSR count). The molecule has 0 aromatic carbocycles. The van der Waals surface area contributed by atoms with Crippen LogP contribution < -0.4 is 9.64 Å². The Morgan fingerprint density at radius 1 is 1.29 bits per heavy atom. The van der Waals surface area contributed by atoms with Gasteiger partial charge in [-0.3, -0.25) is 0 Å². The Kier molecular flexibility index (Phi) is 4.49. The molecule has 28 heavy (non-hydrogen) atoms. The molecule has 2 fully saturated rings. The molecule has 0 unspecified atom stereocenters. The second-order valence-electron chi connectivity index (χ2n) is 7.21. The third-order valence-corrected chi connectivity index (χ3v) is 6.57. The first-order chi connectivity index (χ1) is 13.7. The fraction of sp³-hybridized carbons (Fsp3) is 0.421. The summed E-state index contributed by atoms with van der Waals surface area (Å²) in [5.41, 5.74) is 2.40. The lowest BCUT2D eigenvalue weighted by Gasteiger charge is -2.17. The topological polar surface area (TPSA) is 87.8 Å². The van der Waals surface area contributed by atoms with Gasteiger partial charge in [-0.1, -0.05) is 11.6 Å². The van der Waals surface area contributed by atoms with Crippen molar-refractivity contribution in [2.45, 2.75) is 25.2 Å². The second kappa shape index (κ2) is 7.15. The smallest absolute Gasteiger partial charge is 0.235 e. The number of nitriles is 1. The maximum atomic E-state index is 9.31. The maximum absolute atomic E-state index is 9.31. The summed E-state index contributed by atoms with van der Waals surface area (Å²) >= 11 is 7.74. The molecule has 1 atom stereocenters. The number of ether oxygens (including phenoxy) is 1. The first-order valence-electron chi connectivity index (χ1n) is 9.25. The van der Waals surface area contributed by atoms with Crippen LogP contribution >= 0.6 is 22.9 Å². The predicted octanol–water partition coefficient (Wildman–Crippen LogP) is 3.79. The van der Waals surface area contributed by atoms with Gasteiger partial charge in [0.25, 0.3) is 0 Å². The molecule has 0 spiro atoms. The Morgan fingerprint density at radius 3 is 3.00 bits per heavy atom. The summed E-state index contributed by atoms with van der Waals surface area (Å²) in [7, 11) is 0. The van der Waals surface area contributed by atoms with Gasteiger partial charge in [0.1, 0.15) is 34.5 Å². The summed E-state index contributed by atoms with van der Waals surface area (Å²) in [4.78, 5) is 19.6. The molecular weight excluding hydrogens is 396 g/mol. The number of nitrogens with zero attached hydrogens (tertiary/aromatic N) is 6. The Hall–Kier alpha value is -2.50. The molecule has 4 heterocycles. The molecule has 9 heteroatoms. The van der Waals surface area contributed by atoms with Crippen LogP contribution in [0.5, 0.6) is 5.88 Å². The van der Waals surface area contributed by atoms with Crippen LogP contribution in [0.4, 0.5) is 5.69 Å². The lowest BCUT2D eigenvalue weighted by Crippen LogP contribution is -2.22. The fourth-order valence-electron chi connectivity index (χ4n) is 3.52. The zero-order valence-corrected chi connectivity index (χ0v) is 16.6. The minimum absolute atomic E-state index is 0.359. The number of hydrogen-bond acceptors (Lipinski definition) is 8. The monoisotopic (exact) mass is 412 g/mol. The maximum Gasteiger partial charge on any atom is 0.235 e. The SMILES string of the molecule is N#Cc1cnc(C2CC2)nc1OC[C@H]1CCN(c2csc3c(Cl)ncnc23)C1. The molecule has 3 aromatic rings. The highest BCUT2D eigenvalue weighted by Crippen LogP contribution is 2.39. The van der Waals surface area contributed by atoms with Crippen LogP contribution in [-0.4, -0.2) is 39.6 Å². The number of rotatable bonds is 5. The van der Waals surface area contributed by atoms with E-state index in [9.17, 15) is 5.26 Å². The minimum atomic E-state index is 0.359. The summed E-state index contributed by atoms with van der Waals surface area (Å²) < 4.78 is 6.88. The zero-order valence-electron chi connectivity index (χ0n) is 15.0. The van der Waals surface area contributed by atoms with Crippen molar-refractivity contribution in [1.82, 2.24) is 19.9 Å². The van der Waals surface area contributed by atoms with Crippen molar-refractivity contribution in [2.24, 2.45) is 5.92 Å². The molecule has 1 saturated heterocycles. The van der Waals surface area contributed by atoms with Crippen molar-refractivity contribution >= 4 is 38.8 Å². The van der Waals surface area contributed by atoms with Gasteiger partial charge < -0.3 is 9.64 Å². The normalized spacial score (nSPS) is 19.1. The fourth-order valence-corrected chi connectivity index (χ4v) is 4.70. The average Bonchev–Trinajstić information content (AvgIpc) is 3.30. The van der Waals surface area contributed by atoms with E-state index in [0.29, 0.717) is 35.0 Å². The lowest BCUT2D eigenvalue weighted by atomic mass is 10.1. The molecule has 142 valence electrons. The molecule has 3 aromatic heterocycles. The van der Waals surface area contributed by atoms with Crippen molar-refractivity contribution in [1.29, 1.82) is 5.26 Å². The van der Waals surface area contributed by atoms with Gasteiger partial charge in [-0.05, 0) is 19.3 Å². The second-order valence-corrected chi connectivity index (χ2v) is 8.45. The number of anilines is 1. The van der Waals surface area contributed by atoms with Gasteiger partial charge in [-0.15, -0.1) is 11.3 Å². The van der Waals surface area contributed by atoms with Gasteiger partial charge in [0.05, 0.1) is 23.2 Å². The van der Waals surface area contributed by atoms with E-state index in [1.54, 1.807) is 17.5 Å². The first-order valence-corrected chi connectivity index (χ1v) is 10.5. The average molecular weight is 413 g/mol. The molecule has 7 nitrogen and oxygen atoms in total. The van der Waals surface area contributed by atoms with E-state index in [-0.39, 0.29) is 0 Å². The summed E-state index contributed by atoms with van der Waals surface area (Å²) in [5.74, 6) is 2.00. The van der Waals surface area contributed by atoms with Crippen LogP contribution in [0.15, 0.2) is 17.9 Å². The first kappa shape index (κ1) is 17.6. The van der Waals surface area contributed by atoms with Crippen LogP contribution in [0.2, 0.25) is 5.15 Å². The van der Waals surface area contributed by atoms with Crippen LogP contribution in [0.25, 0.3) is 10.2 Å². The van der Waals surface area contributed by atoms with Crippen LogP contribution in [-0.2, 0) is 0 Å². The quantitative estimate of drug-likeness (QED) is 0.589. The van der Waals surface area contributed by atoms with Gasteiger partial charge in [-0.25, -0.2) is 15.0 Å². The van der Waals surface area contributed by atoms with Crippen molar-refractivity contribution in [2.75, 3.05) is 24.6 Å². The van der Waals surface area contributed by atoms with E-state index >= 15 is 0 Å². The summed E-state index contributed by atoms with van der Waals surface area (Å²) in [6, 6.07) is 2.13. The Morgan fingerprint density at radius 2 is 2.18 bits per heavy atom. The van der Waals surface area contributed by atoms with E-state index < -0.39 is 0 Å². The molecule has 0 radical (unpaired) electrons. The van der Waals surface area contributed by atoms with E-state index in [4.69, 9.17) is 16.3 Å². The number of thiophene rings is 1. The van der Waals surface area contributed by atoms with Crippen molar-refractivity contribution in [3.05, 3.63) is 34.4 Å². The molecule has 0 bridgehead atoms. The van der Waals surface area contributed by atoms with Crippen LogP contribution in [0, 0.1) is 17.2 Å². The van der Waals surface area contributed by atoms with E-state index in [1.807, 2.05) is 0 Å². The Labute approximate surface area is 171 Å². The largest absolute Gasteiger partial charge is 0.476 e. The number of halogens is 1. The van der Waals surface area contributed by atoms with Gasteiger partial charge in [0.2, 0.25) is 5.88 Å². The molecule has 1 saturated carbocycles. The highest BCUT2D eigenvalue weighted by Gasteiger charge is 2.29. The van der Waals surface area contributed by atoms with Gasteiger partial charge in [0.15, 0.2) is 0 Å². The molecule has 0 N–H and O–H groups in total. The molecular formula is C19H17ClN6OS. The van der Waals surface area contributed by atoms with Gasteiger partial charge in [-0.2, -0.15) is 10.2 Å². The Balaban J connectivity index is 1.28. The lowest BCUT2D eigenvalue weighted by molar-refractivity contribution is 0.250. The standard InChI is InChI=1S/C19H17ClN6OS/c20-17-16-15(23-10-24-17)14(9-28-16)26-4-3-11(7-26)8-27-19-13(5-21)6-22-18(25-19)12-1-2-12/h6,9-12H,1-4,7-8H2/t11-/m0/s1. The summed E-state index contributed by atoms with van der Waals surface area (Å²) in [6.07, 6.45) is 6.33. The molecule has 2 aliphatic rings. The third kappa shape index (κ3) is 3.25. The van der Waals surface area contributed by atoms with Gasteiger partial charge >= 0.3 is 0 Å². The summed E-state index contributed by atoms with van der Waals surface area (Å²) in [5, 5.41) is 11.9. The number of hydrogen-bond donors (Lipinski definition) is 0. The summed E-state index contributed by atoms with van der Waals surface area (Å²) in [6.45, 7) is 2.34. The number of aromatic nitrogens is 4. The van der Waals surface area contributed by atoms with E-state index in [0.717, 1.165) is 54.1 Å². The zero-order chi connectivity index (χ0) is 19.1. The highest BCUT2D eigenvalue weighted by atomic mass is 35.5. The Bertz CT molecular complexity index is 1080. The van der Waals surface area contributed by atoms with E-state index in [2.05, 4.69) is 36.3 Å². The molecule has 0 amide bonds. The number of fused-ring (bicyclic) bond motifs is 1. The van der Waals surface area contributed by atoms with Crippen molar-refractivity contribution < 1.29 is 4.74 Å². The van der Waals surface area contributed by atoms with E-state index in [1.165, 1.54) is 6.33 Å². The highest BCUT2D eigenvalue weighted by molar-refractivity contribution is 7.18. The third-order valence-electron chi connectivity index (χ3n) is 5.21. The van der Waals surface area contributed by atoms with Gasteiger partial charge in [0, 0.05) is 30.3 Å². The minimum Gasteiger partial charge on any atom is -0.476 e. The molecule has 1 aliphatic heterocycles.